The molecule has 0 bridgehead atoms. The average molecular weight is 454 g/mol. The molecule has 3 aromatic rings. The van der Waals surface area contributed by atoms with Crippen molar-refractivity contribution < 1.29 is 34.1 Å². The number of hydrogen-bond acceptors (Lipinski definition) is 5. The highest BCUT2D eigenvalue weighted by atomic mass is 16.5. The molecule has 1 unspecified atom stereocenters. The van der Waals surface area contributed by atoms with Gasteiger partial charge in [0.25, 0.3) is 5.91 Å². The summed E-state index contributed by atoms with van der Waals surface area (Å²) in [4.78, 5) is 40.6. The van der Waals surface area contributed by atoms with Gasteiger partial charge in [0.05, 0.1) is 5.52 Å². The van der Waals surface area contributed by atoms with E-state index in [-0.39, 0.29) is 19.1 Å². The van der Waals surface area contributed by atoms with Crippen molar-refractivity contribution in [2.75, 3.05) is 0 Å². The smallest absolute Gasteiger partial charge is 0.344 e. The van der Waals surface area contributed by atoms with Crippen molar-refractivity contribution >= 4 is 35.0 Å². The summed E-state index contributed by atoms with van der Waals surface area (Å²) in [6, 6.07) is 15.6. The number of primary amides is 1. The number of carboxylic acids is 2. The number of hydrogen-bond donors (Lipinski definition) is 3. The number of aryl methyl sites for hydroxylation is 1. The number of amides is 1. The highest BCUT2D eigenvalue weighted by molar-refractivity contribution is 6.22. The number of benzene rings is 2. The Hall–Kier alpha value is -4.14. The standard InChI is InChI=1S/C22H23NO5.C2H3NO2/c1-14-15(2)23(13-16-7-4-3-5-8-16)17-9-6-10-18(21(14)17)28-19(22(26)27)11-12-20(24)25;3-2(5)1-4/h3-10,19H,11-13H2,1-2H3,(H,24,25)(H,26,27);1H,(H2,3,5). The summed E-state index contributed by atoms with van der Waals surface area (Å²) in [5.74, 6) is -2.68. The van der Waals surface area contributed by atoms with Crippen LogP contribution in [0.25, 0.3) is 10.9 Å². The van der Waals surface area contributed by atoms with Gasteiger partial charge in [-0.25, -0.2) is 4.79 Å². The average Bonchev–Trinajstić information content (AvgIpc) is 3.02. The molecule has 4 N–H and O–H groups in total. The first-order chi connectivity index (χ1) is 15.6. The molecule has 0 aliphatic rings. The number of aliphatic carboxylic acids is 2. The van der Waals surface area contributed by atoms with Gasteiger partial charge in [0.15, 0.2) is 6.10 Å². The maximum Gasteiger partial charge on any atom is 0.344 e. The maximum absolute atomic E-state index is 11.5. The Morgan fingerprint density at radius 2 is 1.70 bits per heavy atom. The zero-order valence-corrected chi connectivity index (χ0v) is 18.4. The number of ether oxygens (including phenoxy) is 1. The first-order valence-corrected chi connectivity index (χ1v) is 10.1. The number of carbonyl (C=O) groups is 4. The molecule has 9 heteroatoms. The second kappa shape index (κ2) is 11.5. The predicted octanol–water partition coefficient (Wildman–Crippen LogP) is 2.67. The minimum Gasteiger partial charge on any atom is -0.481 e. The molecule has 0 saturated carbocycles. The van der Waals surface area contributed by atoms with E-state index in [1.54, 1.807) is 6.07 Å². The lowest BCUT2D eigenvalue weighted by Gasteiger charge is -2.16. The molecule has 0 saturated heterocycles. The summed E-state index contributed by atoms with van der Waals surface area (Å²) in [6.45, 7) is 4.71. The third kappa shape index (κ3) is 6.67. The first kappa shape index (κ1) is 25.1. The molecule has 3 rings (SSSR count). The highest BCUT2D eigenvalue weighted by Crippen LogP contribution is 2.34. The van der Waals surface area contributed by atoms with Gasteiger partial charge in [-0.2, -0.15) is 0 Å². The van der Waals surface area contributed by atoms with E-state index < -0.39 is 23.9 Å². The van der Waals surface area contributed by atoms with E-state index in [1.807, 2.05) is 44.2 Å². The second-order valence-electron chi connectivity index (χ2n) is 7.33. The summed E-state index contributed by atoms with van der Waals surface area (Å²) in [5, 5.41) is 19.1. The van der Waals surface area contributed by atoms with Crippen molar-refractivity contribution in [2.24, 2.45) is 5.73 Å². The maximum atomic E-state index is 11.5. The lowest BCUT2D eigenvalue weighted by atomic mass is 10.1. The molecule has 33 heavy (non-hydrogen) atoms. The van der Waals surface area contributed by atoms with Gasteiger partial charge in [-0.1, -0.05) is 36.4 Å². The van der Waals surface area contributed by atoms with E-state index in [1.165, 1.54) is 5.56 Å². The number of aromatic nitrogens is 1. The molecular weight excluding hydrogens is 428 g/mol. The van der Waals surface area contributed by atoms with Crippen LogP contribution in [-0.2, 0) is 25.7 Å². The summed E-state index contributed by atoms with van der Waals surface area (Å²) in [7, 11) is 0. The van der Waals surface area contributed by atoms with Crippen LogP contribution in [0.15, 0.2) is 48.5 Å². The third-order valence-electron chi connectivity index (χ3n) is 5.08. The molecule has 0 radical (unpaired) electrons. The van der Waals surface area contributed by atoms with Crippen molar-refractivity contribution in [2.45, 2.75) is 39.3 Å². The number of carbonyl (C=O) groups excluding carboxylic acids is 2. The summed E-state index contributed by atoms with van der Waals surface area (Å²) in [5.41, 5.74) is 8.50. The van der Waals surface area contributed by atoms with Gasteiger partial charge in [-0.15, -0.1) is 0 Å². The van der Waals surface area contributed by atoms with Gasteiger partial charge in [0, 0.05) is 30.5 Å². The van der Waals surface area contributed by atoms with Crippen LogP contribution in [0, 0.1) is 13.8 Å². The van der Waals surface area contributed by atoms with Crippen LogP contribution in [0.2, 0.25) is 0 Å². The number of fused-ring (bicyclic) bond motifs is 1. The number of nitrogens with zero attached hydrogens (tertiary/aromatic N) is 1. The topological polar surface area (TPSA) is 149 Å². The largest absolute Gasteiger partial charge is 0.481 e. The second-order valence-corrected chi connectivity index (χ2v) is 7.33. The van der Waals surface area contributed by atoms with E-state index in [9.17, 15) is 19.5 Å². The molecule has 174 valence electrons. The summed E-state index contributed by atoms with van der Waals surface area (Å²) < 4.78 is 7.94. The molecule has 9 nitrogen and oxygen atoms in total. The van der Waals surface area contributed by atoms with E-state index >= 15 is 0 Å². The molecule has 0 spiro atoms. The Kier molecular flexibility index (Phi) is 8.73. The zero-order chi connectivity index (χ0) is 24.5. The number of nitrogens with two attached hydrogens (primary N) is 1. The summed E-state index contributed by atoms with van der Waals surface area (Å²) in [6.07, 6.45) is -1.51. The quantitative estimate of drug-likeness (QED) is 0.332. The molecule has 0 aliphatic heterocycles. The molecule has 1 heterocycles. The number of rotatable bonds is 9. The SMILES string of the molecule is Cc1c(C)n(Cc2ccccc2)c2cccc(OC(CCC(=O)O)C(=O)O)c12.NC(=O)C=O. The molecule has 2 aromatic carbocycles. The van der Waals surface area contributed by atoms with Gasteiger partial charge in [0.1, 0.15) is 5.75 Å². The highest BCUT2D eigenvalue weighted by Gasteiger charge is 2.23. The fourth-order valence-electron chi connectivity index (χ4n) is 3.39. The fourth-order valence-corrected chi connectivity index (χ4v) is 3.39. The van der Waals surface area contributed by atoms with Crippen LogP contribution in [0.3, 0.4) is 0 Å². The van der Waals surface area contributed by atoms with Crippen molar-refractivity contribution in [3.05, 3.63) is 65.4 Å². The van der Waals surface area contributed by atoms with E-state index in [0.717, 1.165) is 22.2 Å². The van der Waals surface area contributed by atoms with Gasteiger partial charge >= 0.3 is 11.9 Å². The number of carboxylic acid groups (broad SMARTS) is 2. The molecule has 0 aliphatic carbocycles. The molecule has 1 atom stereocenters. The van der Waals surface area contributed by atoms with E-state index in [2.05, 4.69) is 22.4 Å². The van der Waals surface area contributed by atoms with Crippen molar-refractivity contribution in [3.63, 3.8) is 0 Å². The minimum absolute atomic E-state index is 0.0556. The zero-order valence-electron chi connectivity index (χ0n) is 18.4. The van der Waals surface area contributed by atoms with Crippen LogP contribution < -0.4 is 10.5 Å². The molecular formula is C24H26N2O7. The van der Waals surface area contributed by atoms with Gasteiger partial charge in [-0.3, -0.25) is 14.4 Å². The van der Waals surface area contributed by atoms with Crippen LogP contribution in [0.5, 0.6) is 5.75 Å². The fraction of sp³-hybridized carbons (Fsp3) is 0.250. The molecule has 1 amide bonds. The van der Waals surface area contributed by atoms with Crippen molar-refractivity contribution in [3.8, 4) is 5.75 Å². The van der Waals surface area contributed by atoms with Gasteiger partial charge in [0.2, 0.25) is 6.29 Å². The first-order valence-electron chi connectivity index (χ1n) is 10.1. The normalized spacial score (nSPS) is 11.2. The Balaban J connectivity index is 0.000000696. The van der Waals surface area contributed by atoms with Gasteiger partial charge < -0.3 is 25.3 Å². The van der Waals surface area contributed by atoms with E-state index in [0.29, 0.717) is 12.3 Å². The molecule has 1 aromatic heterocycles. The monoisotopic (exact) mass is 454 g/mol. The minimum atomic E-state index is -1.21. The third-order valence-corrected chi connectivity index (χ3v) is 5.08. The van der Waals surface area contributed by atoms with E-state index in [4.69, 9.17) is 14.6 Å². The lowest BCUT2D eigenvalue weighted by molar-refractivity contribution is -0.146. The number of aldehydes is 1. The predicted molar refractivity (Wildman–Crippen MR) is 121 cm³/mol. The van der Waals surface area contributed by atoms with Crippen LogP contribution in [-0.4, -0.2) is 45.0 Å². The molecule has 0 fully saturated rings. The Morgan fingerprint density at radius 1 is 1.06 bits per heavy atom. The Morgan fingerprint density at radius 3 is 2.24 bits per heavy atom. The lowest BCUT2D eigenvalue weighted by Crippen LogP contribution is -2.27. The Labute approximate surface area is 190 Å². The summed E-state index contributed by atoms with van der Waals surface area (Å²) >= 11 is 0. The van der Waals surface area contributed by atoms with Gasteiger partial charge in [-0.05, 0) is 37.1 Å². The van der Waals surface area contributed by atoms with Crippen molar-refractivity contribution in [1.82, 2.24) is 4.57 Å². The Bertz CT molecular complexity index is 1150. The van der Waals surface area contributed by atoms with Crippen LogP contribution in [0.4, 0.5) is 0 Å². The van der Waals surface area contributed by atoms with Crippen LogP contribution >= 0.6 is 0 Å². The van der Waals surface area contributed by atoms with Crippen LogP contribution in [0.1, 0.15) is 29.7 Å². The van der Waals surface area contributed by atoms with Crippen molar-refractivity contribution in [1.29, 1.82) is 0 Å².